The summed E-state index contributed by atoms with van der Waals surface area (Å²) in [6, 6.07) is 4.88. The maximum absolute atomic E-state index is 6.74. The van der Waals surface area contributed by atoms with Crippen LogP contribution in [0.4, 0.5) is 11.4 Å². The minimum atomic E-state index is 0.135. The van der Waals surface area contributed by atoms with Crippen LogP contribution in [0.15, 0.2) is 73.3 Å². The van der Waals surface area contributed by atoms with Crippen molar-refractivity contribution in [2.75, 3.05) is 28.8 Å². The number of aromatic nitrogens is 1. The highest BCUT2D eigenvalue weighted by atomic mass is 35.5. The van der Waals surface area contributed by atoms with Crippen LogP contribution in [0.5, 0.6) is 0 Å². The van der Waals surface area contributed by atoms with Gasteiger partial charge in [-0.2, -0.15) is 0 Å². The highest BCUT2D eigenvalue weighted by molar-refractivity contribution is 6.18. The Hall–Kier alpha value is -3.43. The number of H-pyrrole nitrogens is 1. The van der Waals surface area contributed by atoms with E-state index in [9.17, 15) is 0 Å². The summed E-state index contributed by atoms with van der Waals surface area (Å²) in [5.41, 5.74) is 20.3. The van der Waals surface area contributed by atoms with Crippen LogP contribution in [0.1, 0.15) is 111 Å². The van der Waals surface area contributed by atoms with Gasteiger partial charge in [-0.3, -0.25) is 0 Å². The second-order valence-corrected chi connectivity index (χ2v) is 16.4. The first kappa shape index (κ1) is 33.1. The number of allylic oxidation sites excluding steroid dienone is 6. The Bertz CT molecular complexity index is 1930. The standard InChI is InChI=1S/C44H54ClN3/c1-12-27(7)38-29(9)33(14-25(3)4)16-36-41(38)35(18-45)21-48(36)31(11)44-22-43(23-44,24-44)30(10)47-20-32(13-2)40-37(47)17-34(15-26(5)6)42-39(40)28(8)19-46-42/h12,16-17,19,32,35,46H,3,5,10-11,13-15,18,20-24H2,1-2,4,6-9H3/b27-12-. The Morgan fingerprint density at radius 1 is 0.875 bits per heavy atom. The molecule has 3 saturated carbocycles. The van der Waals surface area contributed by atoms with E-state index >= 15 is 0 Å². The lowest BCUT2D eigenvalue weighted by molar-refractivity contribution is -0.149. The molecule has 8 rings (SSSR count). The summed E-state index contributed by atoms with van der Waals surface area (Å²) in [5.74, 6) is 1.40. The van der Waals surface area contributed by atoms with Gasteiger partial charge in [-0.1, -0.05) is 50.5 Å². The van der Waals surface area contributed by atoms with Gasteiger partial charge in [0, 0.05) is 81.5 Å². The topological polar surface area (TPSA) is 22.3 Å². The maximum atomic E-state index is 6.74. The molecule has 0 spiro atoms. The summed E-state index contributed by atoms with van der Waals surface area (Å²) in [6.45, 7) is 35.7. The van der Waals surface area contributed by atoms with Gasteiger partial charge in [0.05, 0.1) is 0 Å². The Morgan fingerprint density at radius 2 is 1.42 bits per heavy atom. The number of benzene rings is 2. The average Bonchev–Trinajstić information content (AvgIpc) is 3.68. The Labute approximate surface area is 294 Å². The minimum absolute atomic E-state index is 0.135. The molecule has 5 aliphatic rings. The fourth-order valence-electron chi connectivity index (χ4n) is 10.1. The van der Waals surface area contributed by atoms with Gasteiger partial charge in [0.25, 0.3) is 0 Å². The van der Waals surface area contributed by atoms with Crippen molar-refractivity contribution < 1.29 is 0 Å². The summed E-state index contributed by atoms with van der Waals surface area (Å²) in [6.07, 6.45) is 10.7. The monoisotopic (exact) mass is 659 g/mol. The smallest absolute Gasteiger partial charge is 0.0496 e. The molecule has 0 amide bonds. The largest absolute Gasteiger partial charge is 0.361 e. The van der Waals surface area contributed by atoms with Gasteiger partial charge in [-0.15, -0.1) is 11.6 Å². The summed E-state index contributed by atoms with van der Waals surface area (Å²) < 4.78 is 0. The van der Waals surface area contributed by atoms with Gasteiger partial charge < -0.3 is 14.8 Å². The van der Waals surface area contributed by atoms with Crippen LogP contribution >= 0.6 is 11.6 Å². The number of anilines is 2. The summed E-state index contributed by atoms with van der Waals surface area (Å²) in [7, 11) is 0. The molecule has 2 aliphatic heterocycles. The number of hydrogen-bond donors (Lipinski definition) is 1. The molecule has 3 nitrogen and oxygen atoms in total. The normalized spacial score (nSPS) is 25.5. The second kappa shape index (κ2) is 11.6. The molecule has 3 aromatic rings. The zero-order chi connectivity index (χ0) is 34.4. The van der Waals surface area contributed by atoms with Gasteiger partial charge in [-0.25, -0.2) is 0 Å². The van der Waals surface area contributed by atoms with Crippen LogP contribution < -0.4 is 9.80 Å². The van der Waals surface area contributed by atoms with Crippen LogP contribution in [0.25, 0.3) is 16.5 Å². The van der Waals surface area contributed by atoms with Crippen molar-refractivity contribution >= 4 is 39.5 Å². The molecular formula is C44H54ClN3. The van der Waals surface area contributed by atoms with Gasteiger partial charge >= 0.3 is 0 Å². The van der Waals surface area contributed by atoms with E-state index < -0.39 is 0 Å². The molecule has 2 unspecified atom stereocenters. The summed E-state index contributed by atoms with van der Waals surface area (Å²) in [4.78, 5) is 8.77. The number of hydrogen-bond acceptors (Lipinski definition) is 2. The summed E-state index contributed by atoms with van der Waals surface area (Å²) in [5, 5.41) is 1.42. The van der Waals surface area contributed by atoms with Crippen molar-refractivity contribution in [3.05, 3.63) is 112 Å². The maximum Gasteiger partial charge on any atom is 0.0496 e. The van der Waals surface area contributed by atoms with E-state index in [1.165, 1.54) is 89.3 Å². The third kappa shape index (κ3) is 4.67. The van der Waals surface area contributed by atoms with Crippen molar-refractivity contribution in [2.45, 2.75) is 98.8 Å². The molecule has 2 bridgehead atoms. The van der Waals surface area contributed by atoms with E-state index in [2.05, 4.69) is 101 Å². The average molecular weight is 660 g/mol. The summed E-state index contributed by atoms with van der Waals surface area (Å²) >= 11 is 6.74. The number of aryl methyl sites for hydroxylation is 1. The fraction of sp³-hybridized carbons (Fsp3) is 0.455. The third-order valence-corrected chi connectivity index (χ3v) is 12.9. The lowest BCUT2D eigenvalue weighted by atomic mass is 9.33. The second-order valence-electron chi connectivity index (χ2n) is 16.1. The highest BCUT2D eigenvalue weighted by Gasteiger charge is 2.71. The molecule has 3 heterocycles. The van der Waals surface area contributed by atoms with E-state index in [1.807, 2.05) is 0 Å². The van der Waals surface area contributed by atoms with Crippen LogP contribution in [0, 0.1) is 24.7 Å². The van der Waals surface area contributed by atoms with Crippen molar-refractivity contribution in [3.63, 3.8) is 0 Å². The first-order chi connectivity index (χ1) is 22.8. The van der Waals surface area contributed by atoms with Crippen molar-refractivity contribution in [1.82, 2.24) is 4.98 Å². The van der Waals surface area contributed by atoms with Crippen molar-refractivity contribution in [3.8, 4) is 0 Å². The fourth-order valence-corrected chi connectivity index (χ4v) is 10.3. The van der Waals surface area contributed by atoms with Crippen LogP contribution in [0.2, 0.25) is 0 Å². The number of alkyl halides is 1. The molecule has 2 aromatic carbocycles. The van der Waals surface area contributed by atoms with Gasteiger partial charge in [0.2, 0.25) is 0 Å². The van der Waals surface area contributed by atoms with Crippen LogP contribution in [-0.4, -0.2) is 24.0 Å². The number of fused-ring (bicyclic) bond motifs is 4. The van der Waals surface area contributed by atoms with E-state index in [4.69, 9.17) is 24.8 Å². The van der Waals surface area contributed by atoms with Crippen LogP contribution in [-0.2, 0) is 12.8 Å². The zero-order valence-electron chi connectivity index (χ0n) is 30.4. The molecule has 48 heavy (non-hydrogen) atoms. The third-order valence-electron chi connectivity index (χ3n) is 12.6. The number of halogens is 1. The van der Waals surface area contributed by atoms with Crippen LogP contribution in [0.3, 0.4) is 0 Å². The number of nitrogens with one attached hydrogen (secondary N) is 1. The molecule has 4 heteroatoms. The van der Waals surface area contributed by atoms with E-state index in [-0.39, 0.29) is 16.7 Å². The predicted molar refractivity (Wildman–Crippen MR) is 209 cm³/mol. The SMILES string of the molecule is C=C(C)Cc1cc2c(c(/C(C)=C\C)c1C)C(CCl)CN2C(=C)C12CC(C(=C)N3CC(CC)c4c3cc(CC(=C)C)c3[nH]cc(C)c43)(C1)C2. The Kier molecular flexibility index (Phi) is 7.98. The van der Waals surface area contributed by atoms with Crippen molar-refractivity contribution in [2.24, 2.45) is 10.8 Å². The van der Waals surface area contributed by atoms with E-state index in [0.717, 1.165) is 51.6 Å². The van der Waals surface area contributed by atoms with Gasteiger partial charge in [0.15, 0.2) is 0 Å². The highest BCUT2D eigenvalue weighted by Crippen LogP contribution is 2.79. The number of nitrogens with zero attached hydrogens (tertiary/aromatic N) is 2. The predicted octanol–water partition coefficient (Wildman–Crippen LogP) is 11.8. The van der Waals surface area contributed by atoms with E-state index in [1.54, 1.807) is 0 Å². The van der Waals surface area contributed by atoms with Crippen molar-refractivity contribution in [1.29, 1.82) is 0 Å². The minimum Gasteiger partial charge on any atom is -0.361 e. The lowest BCUT2D eigenvalue weighted by Gasteiger charge is -2.73. The molecule has 1 aromatic heterocycles. The number of aromatic amines is 1. The Balaban J connectivity index is 1.19. The molecule has 2 atom stereocenters. The van der Waals surface area contributed by atoms with Gasteiger partial charge in [0.1, 0.15) is 0 Å². The molecule has 0 saturated heterocycles. The van der Waals surface area contributed by atoms with E-state index in [0.29, 0.717) is 11.8 Å². The lowest BCUT2D eigenvalue weighted by Crippen LogP contribution is -2.66. The molecule has 252 valence electrons. The Morgan fingerprint density at radius 3 is 1.96 bits per heavy atom. The first-order valence-electron chi connectivity index (χ1n) is 18.0. The molecule has 3 fully saturated rings. The molecule has 1 N–H and O–H groups in total. The quantitative estimate of drug-likeness (QED) is 0.163. The van der Waals surface area contributed by atoms with Gasteiger partial charge in [-0.05, 0) is 137 Å². The number of rotatable bonds is 11. The first-order valence-corrected chi connectivity index (χ1v) is 18.5. The molecule has 0 radical (unpaired) electrons. The zero-order valence-corrected chi connectivity index (χ0v) is 31.2. The molecular weight excluding hydrogens is 606 g/mol. The molecule has 3 aliphatic carbocycles.